The number of hydrogen-bond acceptors (Lipinski definition) is 1. The summed E-state index contributed by atoms with van der Waals surface area (Å²) in [6.45, 7) is 10.8. The number of hydrogen-bond donors (Lipinski definition) is 1. The molecule has 0 fully saturated rings. The highest BCUT2D eigenvalue weighted by Gasteiger charge is 2.19. The molecule has 0 aromatic heterocycles. The van der Waals surface area contributed by atoms with Crippen LogP contribution in [0.1, 0.15) is 39.7 Å². The number of rotatable bonds is 7. The zero-order valence-electron chi connectivity index (χ0n) is 12.7. The van der Waals surface area contributed by atoms with Crippen LogP contribution in [0.25, 0.3) is 0 Å². The van der Waals surface area contributed by atoms with Crippen LogP contribution < -0.4 is 5.32 Å². The molecule has 0 bridgehead atoms. The van der Waals surface area contributed by atoms with Gasteiger partial charge in [0.1, 0.15) is 5.82 Å². The third-order valence-electron chi connectivity index (χ3n) is 3.32. The predicted molar refractivity (Wildman–Crippen MR) is 88.9 cm³/mol. The van der Waals surface area contributed by atoms with Crippen molar-refractivity contribution < 1.29 is 4.39 Å². The molecule has 1 nitrogen and oxygen atoms in total. The van der Waals surface area contributed by atoms with E-state index in [9.17, 15) is 4.39 Å². The van der Waals surface area contributed by atoms with E-state index in [1.165, 1.54) is 6.07 Å². The molecule has 0 aliphatic heterocycles. The molecule has 0 saturated carbocycles. The summed E-state index contributed by atoms with van der Waals surface area (Å²) in [5.41, 5.74) is 0.830. The second-order valence-electron chi connectivity index (χ2n) is 6.55. The first-order valence-corrected chi connectivity index (χ1v) is 8.22. The van der Waals surface area contributed by atoms with Crippen molar-refractivity contribution >= 4 is 27.5 Å². The summed E-state index contributed by atoms with van der Waals surface area (Å²) in [5, 5.41) is 4.04. The Morgan fingerprint density at radius 1 is 1.35 bits per heavy atom. The maximum atomic E-state index is 13.9. The van der Waals surface area contributed by atoms with Crippen LogP contribution in [0.3, 0.4) is 0 Å². The lowest BCUT2D eigenvalue weighted by Gasteiger charge is -2.26. The molecule has 1 aromatic rings. The molecule has 0 amide bonds. The van der Waals surface area contributed by atoms with Crippen molar-refractivity contribution in [3.8, 4) is 0 Å². The minimum Gasteiger partial charge on any atom is -0.316 e. The van der Waals surface area contributed by atoms with Crippen LogP contribution in [0.15, 0.2) is 16.6 Å². The van der Waals surface area contributed by atoms with E-state index in [1.807, 2.05) is 0 Å². The second-order valence-corrected chi connectivity index (χ2v) is 7.81. The summed E-state index contributed by atoms with van der Waals surface area (Å²) >= 11 is 9.26. The quantitative estimate of drug-likeness (QED) is 0.635. The number of aryl methyl sites for hydroxylation is 1. The van der Waals surface area contributed by atoms with Gasteiger partial charge in [0.15, 0.2) is 0 Å². The molecule has 0 saturated heterocycles. The number of nitrogens with one attached hydrogen (secondary N) is 1. The van der Waals surface area contributed by atoms with Gasteiger partial charge in [-0.1, -0.05) is 39.3 Å². The molecule has 0 aliphatic rings. The van der Waals surface area contributed by atoms with Gasteiger partial charge < -0.3 is 5.32 Å². The van der Waals surface area contributed by atoms with Crippen LogP contribution in [0.2, 0.25) is 5.02 Å². The van der Waals surface area contributed by atoms with E-state index in [1.54, 1.807) is 6.07 Å². The molecule has 1 rings (SSSR count). The van der Waals surface area contributed by atoms with Gasteiger partial charge in [-0.2, -0.15) is 0 Å². The first-order valence-electron chi connectivity index (χ1n) is 7.05. The van der Waals surface area contributed by atoms with Crippen molar-refractivity contribution in [3.63, 3.8) is 0 Å². The Bertz CT molecular complexity index is 446. The summed E-state index contributed by atoms with van der Waals surface area (Å²) in [7, 11) is 0. The molecule has 0 heterocycles. The molecule has 0 spiro atoms. The van der Waals surface area contributed by atoms with E-state index in [0.717, 1.165) is 19.5 Å². The van der Waals surface area contributed by atoms with Crippen molar-refractivity contribution in [3.05, 3.63) is 33.0 Å². The zero-order valence-corrected chi connectivity index (χ0v) is 15.0. The summed E-state index contributed by atoms with van der Waals surface area (Å²) in [4.78, 5) is 0. The van der Waals surface area contributed by atoms with Crippen molar-refractivity contribution in [2.75, 3.05) is 13.1 Å². The third kappa shape index (κ3) is 6.11. The first-order chi connectivity index (χ1) is 9.21. The summed E-state index contributed by atoms with van der Waals surface area (Å²) < 4.78 is 14.5. The fraction of sp³-hybridized carbons (Fsp3) is 0.625. The van der Waals surface area contributed by atoms with Gasteiger partial charge in [0.05, 0.1) is 5.02 Å². The largest absolute Gasteiger partial charge is 0.316 e. The van der Waals surface area contributed by atoms with Gasteiger partial charge >= 0.3 is 0 Å². The SMILES string of the molecule is CC(C)CNCC(C)(C)CCc1cc(Cl)c(Br)cc1F. The maximum absolute atomic E-state index is 13.9. The van der Waals surface area contributed by atoms with Gasteiger partial charge in [-0.25, -0.2) is 4.39 Å². The van der Waals surface area contributed by atoms with E-state index in [2.05, 4.69) is 48.9 Å². The van der Waals surface area contributed by atoms with Crippen molar-refractivity contribution in [2.24, 2.45) is 11.3 Å². The van der Waals surface area contributed by atoms with Gasteiger partial charge in [0.2, 0.25) is 0 Å². The molecule has 20 heavy (non-hydrogen) atoms. The molecule has 4 heteroatoms. The monoisotopic (exact) mass is 363 g/mol. The molecule has 0 unspecified atom stereocenters. The molecular weight excluding hydrogens is 341 g/mol. The lowest BCUT2D eigenvalue weighted by Crippen LogP contribution is -2.32. The molecule has 0 atom stereocenters. The minimum atomic E-state index is -0.188. The Morgan fingerprint density at radius 3 is 2.60 bits per heavy atom. The Hall–Kier alpha value is -0.120. The molecule has 0 radical (unpaired) electrons. The van der Waals surface area contributed by atoms with E-state index in [-0.39, 0.29) is 11.2 Å². The first kappa shape index (κ1) is 17.9. The Morgan fingerprint density at radius 2 is 2.00 bits per heavy atom. The molecule has 1 aromatic carbocycles. The zero-order chi connectivity index (χ0) is 15.3. The topological polar surface area (TPSA) is 12.0 Å². The second kappa shape index (κ2) is 7.77. The highest BCUT2D eigenvalue weighted by Crippen LogP contribution is 2.28. The highest BCUT2D eigenvalue weighted by molar-refractivity contribution is 9.10. The van der Waals surface area contributed by atoms with Crippen LogP contribution in [0, 0.1) is 17.2 Å². The Kier molecular flexibility index (Phi) is 6.96. The van der Waals surface area contributed by atoms with Crippen LogP contribution in [0.5, 0.6) is 0 Å². The molecule has 0 aliphatic carbocycles. The van der Waals surface area contributed by atoms with E-state index < -0.39 is 0 Å². The van der Waals surface area contributed by atoms with Gasteiger partial charge in [-0.05, 0) is 64.3 Å². The molecular formula is C16H24BrClFN. The number of halogens is 3. The van der Waals surface area contributed by atoms with Gasteiger partial charge in [0, 0.05) is 11.0 Å². The van der Waals surface area contributed by atoms with Gasteiger partial charge in [-0.3, -0.25) is 0 Å². The fourth-order valence-corrected chi connectivity index (χ4v) is 2.52. The molecule has 1 N–H and O–H groups in total. The summed E-state index contributed by atoms with van der Waals surface area (Å²) in [6.07, 6.45) is 1.63. The van der Waals surface area contributed by atoms with Crippen molar-refractivity contribution in [1.82, 2.24) is 5.32 Å². The van der Waals surface area contributed by atoms with Gasteiger partial charge in [-0.15, -0.1) is 0 Å². The average Bonchev–Trinajstić information content (AvgIpc) is 2.31. The Balaban J connectivity index is 2.55. The van der Waals surface area contributed by atoms with Crippen LogP contribution in [0.4, 0.5) is 4.39 Å². The van der Waals surface area contributed by atoms with Crippen molar-refractivity contribution in [1.29, 1.82) is 0 Å². The maximum Gasteiger partial charge on any atom is 0.127 e. The summed E-state index contributed by atoms with van der Waals surface area (Å²) in [6, 6.07) is 3.17. The average molecular weight is 365 g/mol. The van der Waals surface area contributed by atoms with E-state index >= 15 is 0 Å². The van der Waals surface area contributed by atoms with Crippen LogP contribution in [-0.4, -0.2) is 13.1 Å². The minimum absolute atomic E-state index is 0.140. The molecule has 114 valence electrons. The van der Waals surface area contributed by atoms with E-state index in [0.29, 0.717) is 27.4 Å². The predicted octanol–water partition coefficient (Wildman–Crippen LogP) is 5.45. The van der Waals surface area contributed by atoms with Gasteiger partial charge in [0.25, 0.3) is 0 Å². The highest BCUT2D eigenvalue weighted by atomic mass is 79.9. The fourth-order valence-electron chi connectivity index (χ4n) is 2.02. The lowest BCUT2D eigenvalue weighted by molar-refractivity contribution is 0.307. The van der Waals surface area contributed by atoms with Crippen LogP contribution in [-0.2, 0) is 6.42 Å². The van der Waals surface area contributed by atoms with Crippen LogP contribution >= 0.6 is 27.5 Å². The van der Waals surface area contributed by atoms with E-state index in [4.69, 9.17) is 11.6 Å². The summed E-state index contributed by atoms with van der Waals surface area (Å²) in [5.74, 6) is 0.459. The smallest absolute Gasteiger partial charge is 0.127 e. The van der Waals surface area contributed by atoms with Crippen molar-refractivity contribution in [2.45, 2.75) is 40.5 Å². The Labute approximate surface area is 135 Å². The third-order valence-corrected chi connectivity index (χ3v) is 4.51. The lowest BCUT2D eigenvalue weighted by atomic mass is 9.86. The normalized spacial score (nSPS) is 12.2. The number of benzene rings is 1. The standard InChI is InChI=1S/C16H24BrClFN/c1-11(2)9-20-10-16(3,4)6-5-12-7-14(18)13(17)8-15(12)19/h7-8,11,20H,5-6,9-10H2,1-4H3.